The summed E-state index contributed by atoms with van der Waals surface area (Å²) in [7, 11) is 0. The molecule has 1 aliphatic rings. The lowest BCUT2D eigenvalue weighted by Crippen LogP contribution is -2.44. The zero-order chi connectivity index (χ0) is 33.3. The fourth-order valence-electron chi connectivity index (χ4n) is 7.12. The first-order valence-electron chi connectivity index (χ1n) is 17.1. The third-order valence-corrected chi connectivity index (χ3v) is 9.64. The van der Waals surface area contributed by atoms with Crippen molar-refractivity contribution in [2.45, 2.75) is 12.3 Å². The minimum atomic E-state index is -0.213. The van der Waals surface area contributed by atoms with Crippen LogP contribution in [0.5, 0.6) is 0 Å². The van der Waals surface area contributed by atoms with Crippen LogP contribution < -0.4 is 10.6 Å². The molecule has 8 aromatic rings. The molecule has 238 valence electrons. The Morgan fingerprint density at radius 1 is 0.440 bits per heavy atom. The van der Waals surface area contributed by atoms with E-state index in [1.807, 2.05) is 24.4 Å². The first kappa shape index (κ1) is 29.8. The molecule has 0 bridgehead atoms. The molecule has 0 amide bonds. The Kier molecular flexibility index (Phi) is 7.69. The van der Waals surface area contributed by atoms with Gasteiger partial charge in [0.2, 0.25) is 0 Å². The molecule has 0 aliphatic carbocycles. The normalized spacial score (nSPS) is 15.8. The molecule has 0 fully saturated rings. The monoisotopic (exact) mass is 642 g/mol. The summed E-state index contributed by atoms with van der Waals surface area (Å²) >= 11 is 0. The van der Waals surface area contributed by atoms with Gasteiger partial charge in [-0.25, -0.2) is 4.99 Å². The highest BCUT2D eigenvalue weighted by molar-refractivity contribution is 6.04. The summed E-state index contributed by atoms with van der Waals surface area (Å²) in [6.45, 7) is 0. The second-order valence-electron chi connectivity index (χ2n) is 12.7. The highest BCUT2D eigenvalue weighted by atomic mass is 15.3. The van der Waals surface area contributed by atoms with Crippen LogP contribution in [0.1, 0.15) is 29.0 Å². The highest BCUT2D eigenvalue weighted by Gasteiger charge is 2.25. The van der Waals surface area contributed by atoms with E-state index in [0.717, 1.165) is 27.9 Å². The molecule has 4 heteroatoms. The Morgan fingerprint density at radius 3 is 1.86 bits per heavy atom. The molecule has 2 N–H and O–H groups in total. The zero-order valence-corrected chi connectivity index (χ0v) is 27.4. The topological polar surface area (TPSA) is 49.3 Å². The number of hydrogen-bond donors (Lipinski definition) is 2. The summed E-state index contributed by atoms with van der Waals surface area (Å²) < 4.78 is 0. The van der Waals surface area contributed by atoms with Gasteiger partial charge in [-0.3, -0.25) is 10.3 Å². The maximum atomic E-state index is 5.16. The minimum Gasteiger partial charge on any atom is -0.350 e. The van der Waals surface area contributed by atoms with E-state index in [1.54, 1.807) is 0 Å². The standard InChI is InChI=1S/C46H34N4/c1-3-12-35(13-4-1)44-48-45(36-14-5-2-6-15-36)50-46(49-44)37-25-23-34(24-26-37)43-39-16-8-7-11-31(39)27-28-40(43)33-21-19-32(20-22-33)38-29-30-47-42-18-10-9-17-41(38)42/h1-30,44,46,49H,(H,48,50). The van der Waals surface area contributed by atoms with E-state index >= 15 is 0 Å². The molecular formula is C46H34N4. The number of hydrogen-bond acceptors (Lipinski definition) is 4. The molecule has 0 radical (unpaired) electrons. The van der Waals surface area contributed by atoms with Crippen LogP contribution in [0.15, 0.2) is 187 Å². The van der Waals surface area contributed by atoms with Crippen LogP contribution in [0.25, 0.3) is 55.1 Å². The SMILES string of the molecule is c1ccc(C2=NC(c3ccc(-c4c(-c5ccc(-c6ccnc7ccccc67)cc5)ccc5ccccc45)cc3)NC(c3ccccc3)N2)cc1. The van der Waals surface area contributed by atoms with Gasteiger partial charge in [0.25, 0.3) is 0 Å². The predicted octanol–water partition coefficient (Wildman–Crippen LogP) is 10.7. The Labute approximate surface area is 291 Å². The van der Waals surface area contributed by atoms with E-state index in [-0.39, 0.29) is 12.3 Å². The quantitative estimate of drug-likeness (QED) is 0.190. The molecule has 2 unspecified atom stereocenters. The van der Waals surface area contributed by atoms with Gasteiger partial charge in [-0.15, -0.1) is 0 Å². The van der Waals surface area contributed by atoms with E-state index in [0.29, 0.717) is 0 Å². The Bertz CT molecular complexity index is 2470. The van der Waals surface area contributed by atoms with E-state index in [9.17, 15) is 0 Å². The first-order chi connectivity index (χ1) is 24.8. The first-order valence-corrected chi connectivity index (χ1v) is 17.1. The number of amidine groups is 1. The number of rotatable bonds is 6. The number of pyridine rings is 1. The molecule has 0 saturated heterocycles. The molecule has 2 heterocycles. The van der Waals surface area contributed by atoms with Gasteiger partial charge < -0.3 is 5.32 Å². The van der Waals surface area contributed by atoms with Crippen LogP contribution in [-0.2, 0) is 0 Å². The summed E-state index contributed by atoms with van der Waals surface area (Å²) in [4.78, 5) is 9.72. The second-order valence-corrected chi connectivity index (χ2v) is 12.7. The fourth-order valence-corrected chi connectivity index (χ4v) is 7.12. The number of aromatic nitrogens is 1. The molecule has 9 rings (SSSR count). The average molecular weight is 643 g/mol. The lowest BCUT2D eigenvalue weighted by atomic mass is 9.88. The van der Waals surface area contributed by atoms with E-state index < -0.39 is 0 Å². The fraction of sp³-hybridized carbons (Fsp3) is 0.0435. The Morgan fingerprint density at radius 2 is 1.08 bits per heavy atom. The summed E-state index contributed by atoms with van der Waals surface area (Å²) in [5.74, 6) is 0.881. The van der Waals surface area contributed by atoms with Crippen molar-refractivity contribution in [3.8, 4) is 33.4 Å². The summed E-state index contributed by atoms with van der Waals surface area (Å²) in [6, 6.07) is 62.3. The van der Waals surface area contributed by atoms with Gasteiger partial charge in [0.05, 0.1) is 5.52 Å². The van der Waals surface area contributed by atoms with Crippen LogP contribution in [0.3, 0.4) is 0 Å². The largest absolute Gasteiger partial charge is 0.350 e. The van der Waals surface area contributed by atoms with Crippen LogP contribution in [0.2, 0.25) is 0 Å². The van der Waals surface area contributed by atoms with Crippen molar-refractivity contribution in [1.29, 1.82) is 0 Å². The van der Waals surface area contributed by atoms with E-state index in [4.69, 9.17) is 4.99 Å². The van der Waals surface area contributed by atoms with Gasteiger partial charge in [-0.1, -0.05) is 164 Å². The maximum Gasteiger partial charge on any atom is 0.131 e. The zero-order valence-electron chi connectivity index (χ0n) is 27.4. The van der Waals surface area contributed by atoms with Crippen LogP contribution in [0, 0.1) is 0 Å². The van der Waals surface area contributed by atoms with Gasteiger partial charge in [-0.05, 0) is 67.4 Å². The van der Waals surface area contributed by atoms with Crippen molar-refractivity contribution >= 4 is 27.5 Å². The molecule has 0 spiro atoms. The van der Waals surface area contributed by atoms with Gasteiger partial charge in [0.15, 0.2) is 0 Å². The predicted molar refractivity (Wildman–Crippen MR) is 207 cm³/mol. The van der Waals surface area contributed by atoms with Crippen LogP contribution in [0.4, 0.5) is 0 Å². The van der Waals surface area contributed by atoms with Crippen molar-refractivity contribution in [3.63, 3.8) is 0 Å². The van der Waals surface area contributed by atoms with Gasteiger partial charge in [-0.2, -0.15) is 0 Å². The number of aliphatic imine (C=N–C) groups is 1. The van der Waals surface area contributed by atoms with Crippen molar-refractivity contribution in [1.82, 2.24) is 15.6 Å². The maximum absolute atomic E-state index is 5.16. The number of para-hydroxylation sites is 1. The molecule has 4 nitrogen and oxygen atoms in total. The molecule has 0 saturated carbocycles. The molecule has 1 aromatic heterocycles. The smallest absolute Gasteiger partial charge is 0.131 e. The van der Waals surface area contributed by atoms with Crippen molar-refractivity contribution in [3.05, 3.63) is 199 Å². The third-order valence-electron chi connectivity index (χ3n) is 9.64. The van der Waals surface area contributed by atoms with Gasteiger partial charge in [0, 0.05) is 17.1 Å². The van der Waals surface area contributed by atoms with E-state index in [1.165, 1.54) is 49.7 Å². The van der Waals surface area contributed by atoms with Crippen molar-refractivity contribution in [2.75, 3.05) is 0 Å². The Balaban J connectivity index is 1.10. The summed E-state index contributed by atoms with van der Waals surface area (Å²) in [6.07, 6.45) is 1.60. The molecule has 1 aliphatic heterocycles. The van der Waals surface area contributed by atoms with Crippen LogP contribution >= 0.6 is 0 Å². The number of nitrogens with zero attached hydrogens (tertiary/aromatic N) is 2. The Hall–Kier alpha value is -6.36. The summed E-state index contributed by atoms with van der Waals surface area (Å²) in [5, 5.41) is 11.0. The molecule has 7 aromatic carbocycles. The second kappa shape index (κ2) is 12.9. The van der Waals surface area contributed by atoms with Crippen LogP contribution in [-0.4, -0.2) is 10.8 Å². The lowest BCUT2D eigenvalue weighted by Gasteiger charge is -2.32. The molecular weight excluding hydrogens is 609 g/mol. The van der Waals surface area contributed by atoms with Crippen molar-refractivity contribution < 1.29 is 0 Å². The van der Waals surface area contributed by atoms with E-state index in [2.05, 4.69) is 173 Å². The average Bonchev–Trinajstić information content (AvgIpc) is 3.21. The molecule has 2 atom stereocenters. The van der Waals surface area contributed by atoms with Gasteiger partial charge in [0.1, 0.15) is 18.2 Å². The van der Waals surface area contributed by atoms with Gasteiger partial charge >= 0.3 is 0 Å². The number of fused-ring (bicyclic) bond motifs is 2. The highest BCUT2D eigenvalue weighted by Crippen LogP contribution is 2.40. The number of nitrogens with one attached hydrogen (secondary N) is 2. The minimum absolute atomic E-state index is 0.0774. The lowest BCUT2D eigenvalue weighted by molar-refractivity contribution is 0.409. The third kappa shape index (κ3) is 5.62. The van der Waals surface area contributed by atoms with Crippen molar-refractivity contribution in [2.24, 2.45) is 4.99 Å². The molecule has 50 heavy (non-hydrogen) atoms. The number of benzene rings is 7. The summed E-state index contributed by atoms with van der Waals surface area (Å²) in [5.41, 5.74) is 11.5.